The number of anilines is 1. The first-order chi connectivity index (χ1) is 13.7. The fourth-order valence-electron chi connectivity index (χ4n) is 2.67. The molecule has 0 aliphatic heterocycles. The Morgan fingerprint density at radius 2 is 1.57 bits per heavy atom. The van der Waals surface area contributed by atoms with Crippen LogP contribution >= 0.6 is 0 Å². The third-order valence-corrected chi connectivity index (χ3v) is 4.02. The molecule has 0 saturated carbocycles. The summed E-state index contributed by atoms with van der Waals surface area (Å²) in [6.45, 7) is 3.07. The summed E-state index contributed by atoms with van der Waals surface area (Å²) in [5.41, 5.74) is 2.18. The van der Waals surface area contributed by atoms with Gasteiger partial charge in [0.2, 0.25) is 0 Å². The number of ether oxygens (including phenoxy) is 3. The number of para-hydroxylation sites is 2. The van der Waals surface area contributed by atoms with Gasteiger partial charge in [-0.1, -0.05) is 24.3 Å². The SMILES string of the molecule is CCOc1ccc(Oc2ccccc2NC(=O)c2ccc(COC)cc2)cc1. The van der Waals surface area contributed by atoms with Crippen molar-refractivity contribution < 1.29 is 19.0 Å². The molecule has 28 heavy (non-hydrogen) atoms. The summed E-state index contributed by atoms with van der Waals surface area (Å²) in [6.07, 6.45) is 0. The summed E-state index contributed by atoms with van der Waals surface area (Å²) in [7, 11) is 1.64. The van der Waals surface area contributed by atoms with Crippen molar-refractivity contribution in [3.05, 3.63) is 83.9 Å². The van der Waals surface area contributed by atoms with Gasteiger partial charge in [-0.3, -0.25) is 4.79 Å². The number of hydrogen-bond donors (Lipinski definition) is 1. The average Bonchev–Trinajstić information content (AvgIpc) is 2.72. The lowest BCUT2D eigenvalue weighted by molar-refractivity contribution is 0.102. The van der Waals surface area contributed by atoms with Crippen LogP contribution in [0.3, 0.4) is 0 Å². The molecule has 3 aromatic rings. The van der Waals surface area contributed by atoms with Crippen LogP contribution < -0.4 is 14.8 Å². The number of amides is 1. The van der Waals surface area contributed by atoms with Crippen molar-refractivity contribution in [2.24, 2.45) is 0 Å². The molecule has 1 amide bonds. The lowest BCUT2D eigenvalue weighted by Crippen LogP contribution is -2.12. The lowest BCUT2D eigenvalue weighted by Gasteiger charge is -2.13. The largest absolute Gasteiger partial charge is 0.494 e. The van der Waals surface area contributed by atoms with Crippen molar-refractivity contribution in [3.63, 3.8) is 0 Å². The van der Waals surface area contributed by atoms with E-state index in [9.17, 15) is 4.79 Å². The number of rotatable bonds is 8. The van der Waals surface area contributed by atoms with Crippen LogP contribution in [0.4, 0.5) is 5.69 Å². The van der Waals surface area contributed by atoms with Crippen LogP contribution in [0, 0.1) is 0 Å². The molecule has 0 fully saturated rings. The molecule has 0 radical (unpaired) electrons. The third-order valence-electron chi connectivity index (χ3n) is 4.02. The van der Waals surface area contributed by atoms with Crippen LogP contribution in [0.25, 0.3) is 0 Å². The van der Waals surface area contributed by atoms with Gasteiger partial charge in [0.05, 0.1) is 18.9 Å². The van der Waals surface area contributed by atoms with E-state index in [0.717, 1.165) is 11.3 Å². The van der Waals surface area contributed by atoms with E-state index < -0.39 is 0 Å². The predicted molar refractivity (Wildman–Crippen MR) is 109 cm³/mol. The first kappa shape index (κ1) is 19.5. The monoisotopic (exact) mass is 377 g/mol. The summed E-state index contributed by atoms with van der Waals surface area (Å²) < 4.78 is 16.5. The van der Waals surface area contributed by atoms with Crippen LogP contribution in [0.2, 0.25) is 0 Å². The summed E-state index contributed by atoms with van der Waals surface area (Å²) in [5, 5.41) is 2.91. The van der Waals surface area contributed by atoms with E-state index in [1.165, 1.54) is 0 Å². The van der Waals surface area contributed by atoms with E-state index in [2.05, 4.69) is 5.32 Å². The highest BCUT2D eigenvalue weighted by molar-refractivity contribution is 6.05. The molecule has 0 spiro atoms. The van der Waals surface area contributed by atoms with E-state index in [1.54, 1.807) is 25.3 Å². The van der Waals surface area contributed by atoms with Gasteiger partial charge in [0.25, 0.3) is 5.91 Å². The fourth-order valence-corrected chi connectivity index (χ4v) is 2.67. The second-order valence-electron chi connectivity index (χ2n) is 6.09. The molecule has 3 aromatic carbocycles. The molecule has 1 N–H and O–H groups in total. The Labute approximate surface area is 164 Å². The molecule has 0 aliphatic rings. The summed E-state index contributed by atoms with van der Waals surface area (Å²) in [6, 6.07) is 22.0. The molecule has 3 rings (SSSR count). The molecule has 5 heteroatoms. The van der Waals surface area contributed by atoms with Gasteiger partial charge in [0.1, 0.15) is 11.5 Å². The van der Waals surface area contributed by atoms with Crippen LogP contribution in [0.1, 0.15) is 22.8 Å². The summed E-state index contributed by atoms with van der Waals surface area (Å²) in [4.78, 5) is 12.6. The quantitative estimate of drug-likeness (QED) is 0.580. The minimum absolute atomic E-state index is 0.202. The summed E-state index contributed by atoms with van der Waals surface area (Å²) in [5.74, 6) is 1.81. The van der Waals surface area contributed by atoms with Gasteiger partial charge in [-0.15, -0.1) is 0 Å². The maximum Gasteiger partial charge on any atom is 0.255 e. The number of hydrogen-bond acceptors (Lipinski definition) is 4. The van der Waals surface area contributed by atoms with Crippen LogP contribution in [-0.2, 0) is 11.3 Å². The third kappa shape index (κ3) is 5.11. The van der Waals surface area contributed by atoms with Gasteiger partial charge in [-0.25, -0.2) is 0 Å². The van der Waals surface area contributed by atoms with Gasteiger partial charge in [-0.05, 0) is 61.0 Å². The maximum atomic E-state index is 12.6. The van der Waals surface area contributed by atoms with E-state index in [4.69, 9.17) is 14.2 Å². The number of nitrogens with one attached hydrogen (secondary N) is 1. The smallest absolute Gasteiger partial charge is 0.255 e. The van der Waals surface area contributed by atoms with E-state index >= 15 is 0 Å². The van der Waals surface area contributed by atoms with Gasteiger partial charge < -0.3 is 19.5 Å². The average molecular weight is 377 g/mol. The van der Waals surface area contributed by atoms with E-state index in [-0.39, 0.29) is 5.91 Å². The molecular weight excluding hydrogens is 354 g/mol. The zero-order valence-electron chi connectivity index (χ0n) is 16.0. The zero-order chi connectivity index (χ0) is 19.8. The fraction of sp³-hybridized carbons (Fsp3) is 0.174. The maximum absolute atomic E-state index is 12.6. The Balaban J connectivity index is 1.71. The number of benzene rings is 3. The normalized spacial score (nSPS) is 10.4. The van der Waals surface area contributed by atoms with Crippen molar-refractivity contribution in [1.29, 1.82) is 0 Å². The van der Waals surface area contributed by atoms with Crippen molar-refractivity contribution in [2.45, 2.75) is 13.5 Å². The Kier molecular flexibility index (Phi) is 6.65. The molecular formula is C23H23NO4. The van der Waals surface area contributed by atoms with Crippen molar-refractivity contribution in [2.75, 3.05) is 19.0 Å². The van der Waals surface area contributed by atoms with Crippen molar-refractivity contribution in [1.82, 2.24) is 0 Å². The Bertz CT molecular complexity index is 905. The van der Waals surface area contributed by atoms with Crippen LogP contribution in [0.15, 0.2) is 72.8 Å². The highest BCUT2D eigenvalue weighted by atomic mass is 16.5. The molecule has 144 valence electrons. The van der Waals surface area contributed by atoms with E-state index in [1.807, 2.05) is 61.5 Å². The van der Waals surface area contributed by atoms with Crippen LogP contribution in [-0.4, -0.2) is 19.6 Å². The number of carbonyl (C=O) groups excluding carboxylic acids is 1. The van der Waals surface area contributed by atoms with Crippen LogP contribution in [0.5, 0.6) is 17.2 Å². The molecule has 0 atom stereocenters. The second-order valence-corrected chi connectivity index (χ2v) is 6.09. The highest BCUT2D eigenvalue weighted by Crippen LogP contribution is 2.30. The summed E-state index contributed by atoms with van der Waals surface area (Å²) >= 11 is 0. The molecule has 5 nitrogen and oxygen atoms in total. The Morgan fingerprint density at radius 3 is 2.25 bits per heavy atom. The van der Waals surface area contributed by atoms with Gasteiger partial charge >= 0.3 is 0 Å². The minimum atomic E-state index is -0.202. The van der Waals surface area contributed by atoms with Crippen molar-refractivity contribution in [3.8, 4) is 17.2 Å². The first-order valence-electron chi connectivity index (χ1n) is 9.08. The van der Waals surface area contributed by atoms with Gasteiger partial charge in [-0.2, -0.15) is 0 Å². The standard InChI is InChI=1S/C23H23NO4/c1-3-27-19-12-14-20(15-13-19)28-22-7-5-4-6-21(22)24-23(25)18-10-8-17(9-11-18)16-26-2/h4-15H,3,16H2,1-2H3,(H,24,25). The zero-order valence-corrected chi connectivity index (χ0v) is 16.0. The molecule has 0 saturated heterocycles. The Morgan fingerprint density at radius 1 is 0.893 bits per heavy atom. The van der Waals surface area contributed by atoms with E-state index in [0.29, 0.717) is 36.0 Å². The number of methoxy groups -OCH3 is 1. The highest BCUT2D eigenvalue weighted by Gasteiger charge is 2.11. The van der Waals surface area contributed by atoms with Gasteiger partial charge in [0.15, 0.2) is 5.75 Å². The Hall–Kier alpha value is -3.31. The molecule has 0 heterocycles. The topological polar surface area (TPSA) is 56.8 Å². The second kappa shape index (κ2) is 9.58. The first-order valence-corrected chi connectivity index (χ1v) is 9.08. The molecule has 0 bridgehead atoms. The van der Waals surface area contributed by atoms with Crippen molar-refractivity contribution >= 4 is 11.6 Å². The lowest BCUT2D eigenvalue weighted by atomic mass is 10.1. The molecule has 0 unspecified atom stereocenters. The van der Waals surface area contributed by atoms with Gasteiger partial charge in [0, 0.05) is 12.7 Å². The minimum Gasteiger partial charge on any atom is -0.494 e. The predicted octanol–water partition coefficient (Wildman–Crippen LogP) is 5.28. The molecule has 0 aromatic heterocycles. The molecule has 0 aliphatic carbocycles. The number of carbonyl (C=O) groups is 1.